The maximum atomic E-state index is 10.6. The van der Waals surface area contributed by atoms with Gasteiger partial charge in [-0.3, -0.25) is 0 Å². The molecule has 0 bridgehead atoms. The molecule has 1 nitrogen and oxygen atoms in total. The Morgan fingerprint density at radius 1 is 1.24 bits per heavy atom. The van der Waals surface area contributed by atoms with E-state index >= 15 is 0 Å². The fraction of sp³-hybridized carbons (Fsp3) is 0.800. The van der Waals surface area contributed by atoms with E-state index < -0.39 is 0 Å². The highest BCUT2D eigenvalue weighted by molar-refractivity contribution is 5.44. The first-order valence-electron chi connectivity index (χ1n) is 9.12. The van der Waals surface area contributed by atoms with Crippen molar-refractivity contribution >= 4 is 0 Å². The van der Waals surface area contributed by atoms with Gasteiger partial charge in [0.05, 0.1) is 6.10 Å². The summed E-state index contributed by atoms with van der Waals surface area (Å²) in [6.45, 7) is 7.29. The third-order valence-corrected chi connectivity index (χ3v) is 7.34. The van der Waals surface area contributed by atoms with Gasteiger partial charge >= 0.3 is 0 Å². The number of allylic oxidation sites excluding steroid dienone is 4. The third kappa shape index (κ3) is 1.86. The molecule has 4 aliphatic rings. The summed E-state index contributed by atoms with van der Waals surface area (Å²) in [5, 5.41) is 10.6. The van der Waals surface area contributed by atoms with Crippen molar-refractivity contribution in [2.75, 3.05) is 0 Å². The molecule has 2 fully saturated rings. The lowest BCUT2D eigenvalue weighted by atomic mass is 9.52. The van der Waals surface area contributed by atoms with E-state index in [0.29, 0.717) is 5.92 Å². The molecule has 21 heavy (non-hydrogen) atoms. The number of fused-ring (bicyclic) bond motifs is 4. The minimum atomic E-state index is -0.0630. The molecule has 0 amide bonds. The van der Waals surface area contributed by atoms with Gasteiger partial charge in [0.15, 0.2) is 0 Å². The lowest BCUT2D eigenvalue weighted by molar-refractivity contribution is -0.0196. The fourth-order valence-corrected chi connectivity index (χ4v) is 6.49. The van der Waals surface area contributed by atoms with Crippen molar-refractivity contribution in [1.82, 2.24) is 0 Å². The second kappa shape index (κ2) is 4.72. The zero-order valence-electron chi connectivity index (χ0n) is 13.9. The van der Waals surface area contributed by atoms with Crippen LogP contribution in [0, 0.1) is 29.1 Å². The van der Waals surface area contributed by atoms with Gasteiger partial charge < -0.3 is 5.11 Å². The van der Waals surface area contributed by atoms with Gasteiger partial charge in [-0.1, -0.05) is 32.4 Å². The van der Waals surface area contributed by atoms with Crippen molar-refractivity contribution in [3.8, 4) is 0 Å². The number of aliphatic hydroxyl groups excluding tert-OH is 1. The molecule has 116 valence electrons. The molecule has 0 aromatic carbocycles. The summed E-state index contributed by atoms with van der Waals surface area (Å²) < 4.78 is 0. The summed E-state index contributed by atoms with van der Waals surface area (Å²) in [6.07, 6.45) is 11.2. The van der Waals surface area contributed by atoms with Crippen LogP contribution < -0.4 is 0 Å². The minimum Gasteiger partial charge on any atom is -0.393 e. The average Bonchev–Trinajstić information content (AvgIpc) is 2.74. The first-order chi connectivity index (χ1) is 10.0. The van der Waals surface area contributed by atoms with Gasteiger partial charge in [-0.2, -0.15) is 0 Å². The topological polar surface area (TPSA) is 20.2 Å². The summed E-state index contributed by atoms with van der Waals surface area (Å²) in [6, 6.07) is 0. The van der Waals surface area contributed by atoms with E-state index in [1.54, 1.807) is 11.1 Å². The van der Waals surface area contributed by atoms with Crippen LogP contribution in [0.2, 0.25) is 0 Å². The Morgan fingerprint density at radius 3 is 2.86 bits per heavy atom. The number of hydrogen-bond donors (Lipinski definition) is 1. The molecule has 0 spiro atoms. The molecule has 2 saturated carbocycles. The summed E-state index contributed by atoms with van der Waals surface area (Å²) >= 11 is 0. The van der Waals surface area contributed by atoms with Crippen molar-refractivity contribution in [2.24, 2.45) is 29.1 Å². The van der Waals surface area contributed by atoms with E-state index in [1.807, 2.05) is 5.57 Å². The Morgan fingerprint density at radius 2 is 2.05 bits per heavy atom. The normalized spacial score (nSPS) is 49.3. The maximum absolute atomic E-state index is 10.6. The molecule has 0 aromatic rings. The van der Waals surface area contributed by atoms with Crippen LogP contribution in [0.3, 0.4) is 0 Å². The zero-order valence-corrected chi connectivity index (χ0v) is 13.9. The summed E-state index contributed by atoms with van der Waals surface area (Å²) in [5.74, 6) is 2.92. The quantitative estimate of drug-likeness (QED) is 0.674. The Balaban J connectivity index is 1.83. The van der Waals surface area contributed by atoms with E-state index in [9.17, 15) is 5.11 Å². The third-order valence-electron chi connectivity index (χ3n) is 7.34. The highest BCUT2D eigenvalue weighted by Gasteiger charge is 2.56. The molecule has 0 heterocycles. The molecule has 4 rings (SSSR count). The van der Waals surface area contributed by atoms with Crippen molar-refractivity contribution in [3.63, 3.8) is 0 Å². The smallest absolute Gasteiger partial charge is 0.0597 e. The fourth-order valence-electron chi connectivity index (χ4n) is 6.49. The van der Waals surface area contributed by atoms with Crippen LogP contribution in [-0.4, -0.2) is 11.2 Å². The number of rotatable bonds is 0. The number of aliphatic hydroxyl groups is 1. The molecule has 0 aliphatic heterocycles. The Hall–Kier alpha value is -0.560. The molecule has 0 aromatic heterocycles. The predicted octanol–water partition coefficient (Wildman–Crippen LogP) is 4.87. The Bertz CT molecular complexity index is 514. The highest BCUT2D eigenvalue weighted by atomic mass is 16.3. The van der Waals surface area contributed by atoms with Crippen molar-refractivity contribution < 1.29 is 5.11 Å². The molecule has 0 radical (unpaired) electrons. The average molecular weight is 286 g/mol. The highest BCUT2D eigenvalue weighted by Crippen LogP contribution is 2.62. The van der Waals surface area contributed by atoms with Gasteiger partial charge in [0, 0.05) is 0 Å². The molecule has 0 saturated heterocycles. The molecule has 0 unspecified atom stereocenters. The van der Waals surface area contributed by atoms with Crippen molar-refractivity contribution in [1.29, 1.82) is 0 Å². The first-order valence-corrected chi connectivity index (χ1v) is 9.12. The van der Waals surface area contributed by atoms with Gasteiger partial charge in [-0.15, -0.1) is 0 Å². The van der Waals surface area contributed by atoms with Crippen LogP contribution in [0.4, 0.5) is 0 Å². The molecular formula is C20H30O. The van der Waals surface area contributed by atoms with Crippen LogP contribution in [0.5, 0.6) is 0 Å². The van der Waals surface area contributed by atoms with E-state index in [2.05, 4.69) is 26.8 Å². The molecule has 4 aliphatic carbocycles. The van der Waals surface area contributed by atoms with E-state index in [4.69, 9.17) is 0 Å². The van der Waals surface area contributed by atoms with E-state index in [0.717, 1.165) is 24.2 Å². The van der Waals surface area contributed by atoms with Crippen LogP contribution in [-0.2, 0) is 0 Å². The van der Waals surface area contributed by atoms with Crippen LogP contribution in [0.1, 0.15) is 65.7 Å². The summed E-state index contributed by atoms with van der Waals surface area (Å²) in [7, 11) is 0. The Kier molecular flexibility index (Phi) is 3.16. The monoisotopic (exact) mass is 286 g/mol. The van der Waals surface area contributed by atoms with Gasteiger partial charge in [0.1, 0.15) is 0 Å². The first kappa shape index (κ1) is 14.1. The molecular weight excluding hydrogens is 256 g/mol. The second-order valence-electron chi connectivity index (χ2n) is 8.57. The van der Waals surface area contributed by atoms with Crippen LogP contribution in [0.25, 0.3) is 0 Å². The van der Waals surface area contributed by atoms with Gasteiger partial charge in [-0.25, -0.2) is 0 Å². The standard InChI is InChI=1S/C20H30O/c1-12-10-14-6-4-5-7-15(14)18-13(2)11-20(3)16(19(12)18)8-9-17(20)21/h6,12-13,16-17,19,21H,4-5,7-11H2,1-3H3/t12-,13+,16+,17+,19+,20+/m1/s1. The van der Waals surface area contributed by atoms with E-state index in [-0.39, 0.29) is 11.5 Å². The van der Waals surface area contributed by atoms with Gasteiger partial charge in [0.2, 0.25) is 0 Å². The minimum absolute atomic E-state index is 0.0630. The second-order valence-corrected chi connectivity index (χ2v) is 8.57. The molecule has 1 N–H and O–H groups in total. The van der Waals surface area contributed by atoms with E-state index in [1.165, 1.54) is 38.5 Å². The summed E-state index contributed by atoms with van der Waals surface area (Å²) in [4.78, 5) is 0. The predicted molar refractivity (Wildman–Crippen MR) is 86.8 cm³/mol. The van der Waals surface area contributed by atoms with Crippen molar-refractivity contribution in [3.05, 3.63) is 22.8 Å². The zero-order chi connectivity index (χ0) is 14.8. The van der Waals surface area contributed by atoms with Crippen molar-refractivity contribution in [2.45, 2.75) is 71.8 Å². The maximum Gasteiger partial charge on any atom is 0.0597 e. The molecule has 1 heteroatoms. The Labute approximate surface area is 129 Å². The lowest BCUT2D eigenvalue weighted by Gasteiger charge is -2.53. The number of hydrogen-bond acceptors (Lipinski definition) is 1. The summed E-state index contributed by atoms with van der Waals surface area (Å²) in [5.41, 5.74) is 5.43. The largest absolute Gasteiger partial charge is 0.393 e. The molecule has 6 atom stereocenters. The lowest BCUT2D eigenvalue weighted by Crippen LogP contribution is -2.47. The van der Waals surface area contributed by atoms with Gasteiger partial charge in [0.25, 0.3) is 0 Å². The van der Waals surface area contributed by atoms with Crippen LogP contribution >= 0.6 is 0 Å². The SMILES string of the molecule is C[C@@H]1CC2=CCCCC2=C2[C@@H]1[C@@H]1CC[C@H](O)[C@@]1(C)C[C@@H]2C. The van der Waals surface area contributed by atoms with Crippen LogP contribution in [0.15, 0.2) is 22.8 Å². The van der Waals surface area contributed by atoms with Gasteiger partial charge in [-0.05, 0) is 85.2 Å².